The average molecular weight is 371 g/mol. The van der Waals surface area contributed by atoms with Crippen LogP contribution in [0.5, 0.6) is 0 Å². The molecule has 0 aromatic heterocycles. The van der Waals surface area contributed by atoms with Crippen LogP contribution < -0.4 is 4.72 Å². The zero-order valence-corrected chi connectivity index (χ0v) is 15.7. The number of hydrazone groups is 1. The van der Waals surface area contributed by atoms with Crippen molar-refractivity contribution in [1.82, 2.24) is 5.01 Å². The van der Waals surface area contributed by atoms with Gasteiger partial charge in [-0.05, 0) is 35.7 Å². The number of hydrogen-bond acceptors (Lipinski definition) is 4. The van der Waals surface area contributed by atoms with Crippen LogP contribution in [0, 0.1) is 6.92 Å². The highest BCUT2D eigenvalue weighted by atomic mass is 32.2. The van der Waals surface area contributed by atoms with E-state index in [9.17, 15) is 13.2 Å². The van der Waals surface area contributed by atoms with Crippen LogP contribution in [0.1, 0.15) is 36.1 Å². The molecule has 3 rings (SSSR count). The van der Waals surface area contributed by atoms with E-state index in [1.807, 2.05) is 37.3 Å². The molecule has 1 aliphatic rings. The third-order valence-corrected chi connectivity index (χ3v) is 4.89. The predicted octanol–water partition coefficient (Wildman–Crippen LogP) is 3.06. The van der Waals surface area contributed by atoms with E-state index < -0.39 is 10.0 Å². The molecule has 1 unspecified atom stereocenters. The van der Waals surface area contributed by atoms with Crippen molar-refractivity contribution in [3.8, 4) is 0 Å². The first-order valence-electron chi connectivity index (χ1n) is 8.25. The number of sulfonamides is 1. The van der Waals surface area contributed by atoms with Crippen molar-refractivity contribution in [1.29, 1.82) is 0 Å². The number of carbonyl (C=O) groups excluding carboxylic acids is 1. The lowest BCUT2D eigenvalue weighted by Crippen LogP contribution is -2.24. The smallest absolute Gasteiger partial charge is 0.240 e. The van der Waals surface area contributed by atoms with Gasteiger partial charge in [0.1, 0.15) is 0 Å². The molecule has 6 nitrogen and oxygen atoms in total. The highest BCUT2D eigenvalue weighted by molar-refractivity contribution is 7.92. The van der Waals surface area contributed by atoms with Gasteiger partial charge in [-0.15, -0.1) is 0 Å². The summed E-state index contributed by atoms with van der Waals surface area (Å²) in [4.78, 5) is 12.1. The van der Waals surface area contributed by atoms with Crippen LogP contribution in [0.4, 0.5) is 5.69 Å². The van der Waals surface area contributed by atoms with Crippen LogP contribution in [0.2, 0.25) is 0 Å². The van der Waals surface area contributed by atoms with E-state index in [-0.39, 0.29) is 11.9 Å². The molecule has 7 heteroatoms. The van der Waals surface area contributed by atoms with Gasteiger partial charge in [0.25, 0.3) is 0 Å². The summed E-state index contributed by atoms with van der Waals surface area (Å²) in [5.41, 5.74) is 4.19. The maximum Gasteiger partial charge on any atom is 0.240 e. The Hall–Kier alpha value is -2.67. The number of aryl methyl sites for hydroxylation is 1. The standard InChI is InChI=1S/C19H21N3O3S/c1-13-7-4-5-10-17(13)19-12-18(20-22(19)14(2)23)15-8-6-9-16(11-15)21-26(3,24)25/h4-11,19,21H,12H2,1-3H3. The molecule has 0 saturated heterocycles. The minimum Gasteiger partial charge on any atom is -0.284 e. The Morgan fingerprint density at radius 2 is 1.92 bits per heavy atom. The van der Waals surface area contributed by atoms with E-state index in [2.05, 4.69) is 9.82 Å². The Labute approximate surface area is 153 Å². The second-order valence-corrected chi connectivity index (χ2v) is 8.19. The van der Waals surface area contributed by atoms with Gasteiger partial charge in [-0.2, -0.15) is 5.10 Å². The van der Waals surface area contributed by atoms with Gasteiger partial charge in [-0.1, -0.05) is 36.4 Å². The van der Waals surface area contributed by atoms with E-state index >= 15 is 0 Å². The van der Waals surface area contributed by atoms with Gasteiger partial charge in [-0.25, -0.2) is 13.4 Å². The molecule has 2 aromatic carbocycles. The largest absolute Gasteiger partial charge is 0.284 e. The lowest BCUT2D eigenvalue weighted by Gasteiger charge is -2.22. The number of nitrogens with zero attached hydrogens (tertiary/aromatic N) is 2. The Morgan fingerprint density at radius 3 is 2.58 bits per heavy atom. The lowest BCUT2D eigenvalue weighted by molar-refractivity contribution is -0.130. The van der Waals surface area contributed by atoms with Gasteiger partial charge in [0.15, 0.2) is 0 Å². The third-order valence-electron chi connectivity index (χ3n) is 4.28. The summed E-state index contributed by atoms with van der Waals surface area (Å²) in [5, 5.41) is 6.03. The molecule has 1 atom stereocenters. The first-order chi connectivity index (χ1) is 12.2. The minimum atomic E-state index is -3.36. The summed E-state index contributed by atoms with van der Waals surface area (Å²) in [5.74, 6) is -0.126. The van der Waals surface area contributed by atoms with E-state index in [0.29, 0.717) is 12.1 Å². The quantitative estimate of drug-likeness (QED) is 0.897. The predicted molar refractivity (Wildman–Crippen MR) is 103 cm³/mol. The van der Waals surface area contributed by atoms with E-state index in [4.69, 9.17) is 0 Å². The molecule has 1 N–H and O–H groups in total. The monoisotopic (exact) mass is 371 g/mol. The molecule has 0 spiro atoms. The Morgan fingerprint density at radius 1 is 1.19 bits per heavy atom. The van der Waals surface area contributed by atoms with Crippen LogP contribution in [-0.2, 0) is 14.8 Å². The first-order valence-corrected chi connectivity index (χ1v) is 10.1. The van der Waals surface area contributed by atoms with Gasteiger partial charge in [0.05, 0.1) is 18.0 Å². The summed E-state index contributed by atoms with van der Waals surface area (Å²) in [6.45, 7) is 3.52. The molecule has 0 aliphatic carbocycles. The maximum atomic E-state index is 12.1. The fourth-order valence-electron chi connectivity index (χ4n) is 3.15. The van der Waals surface area contributed by atoms with Crippen molar-refractivity contribution in [3.05, 3.63) is 65.2 Å². The molecule has 1 heterocycles. The summed E-state index contributed by atoms with van der Waals surface area (Å²) in [6.07, 6.45) is 1.69. The minimum absolute atomic E-state index is 0.126. The molecule has 0 saturated carbocycles. The summed E-state index contributed by atoms with van der Waals surface area (Å²) < 4.78 is 25.4. The highest BCUT2D eigenvalue weighted by Gasteiger charge is 2.32. The number of rotatable bonds is 4. The molecule has 1 amide bonds. The molecule has 0 bridgehead atoms. The van der Waals surface area contributed by atoms with Gasteiger partial charge >= 0.3 is 0 Å². The number of anilines is 1. The fourth-order valence-corrected chi connectivity index (χ4v) is 3.71. The fraction of sp³-hybridized carbons (Fsp3) is 0.263. The molecule has 2 aromatic rings. The second kappa shape index (κ2) is 6.92. The van der Waals surface area contributed by atoms with Crippen LogP contribution in [-0.4, -0.2) is 31.3 Å². The van der Waals surface area contributed by atoms with Gasteiger partial charge < -0.3 is 0 Å². The number of nitrogens with one attached hydrogen (secondary N) is 1. The second-order valence-electron chi connectivity index (χ2n) is 6.44. The van der Waals surface area contributed by atoms with Crippen molar-refractivity contribution < 1.29 is 13.2 Å². The molecule has 1 aliphatic heterocycles. The van der Waals surface area contributed by atoms with Crippen LogP contribution in [0.25, 0.3) is 0 Å². The van der Waals surface area contributed by atoms with Gasteiger partial charge in [0.2, 0.25) is 15.9 Å². The highest BCUT2D eigenvalue weighted by Crippen LogP contribution is 2.34. The van der Waals surface area contributed by atoms with Crippen LogP contribution >= 0.6 is 0 Å². The summed E-state index contributed by atoms with van der Waals surface area (Å²) in [6, 6.07) is 14.8. The molecule has 26 heavy (non-hydrogen) atoms. The average Bonchev–Trinajstić information content (AvgIpc) is 2.99. The van der Waals surface area contributed by atoms with E-state index in [1.54, 1.807) is 18.2 Å². The summed E-state index contributed by atoms with van der Waals surface area (Å²) in [7, 11) is -3.36. The molecule has 0 fully saturated rings. The summed E-state index contributed by atoms with van der Waals surface area (Å²) >= 11 is 0. The Balaban J connectivity index is 1.95. The molecule has 136 valence electrons. The molecular formula is C19H21N3O3S. The zero-order chi connectivity index (χ0) is 18.9. The van der Waals surface area contributed by atoms with E-state index in [0.717, 1.165) is 28.7 Å². The number of carbonyl (C=O) groups is 1. The lowest BCUT2D eigenvalue weighted by atomic mass is 9.95. The first kappa shape index (κ1) is 18.1. The van der Waals surface area contributed by atoms with Gasteiger partial charge in [0, 0.05) is 19.0 Å². The van der Waals surface area contributed by atoms with Crippen molar-refractivity contribution in [2.45, 2.75) is 26.3 Å². The van der Waals surface area contributed by atoms with Crippen molar-refractivity contribution >= 4 is 27.3 Å². The van der Waals surface area contributed by atoms with Gasteiger partial charge in [-0.3, -0.25) is 9.52 Å². The van der Waals surface area contributed by atoms with Crippen LogP contribution in [0.15, 0.2) is 53.6 Å². The van der Waals surface area contributed by atoms with E-state index in [1.165, 1.54) is 11.9 Å². The Kier molecular flexibility index (Phi) is 4.82. The maximum absolute atomic E-state index is 12.1. The Bertz CT molecular complexity index is 983. The normalized spacial score (nSPS) is 17.1. The van der Waals surface area contributed by atoms with Crippen LogP contribution in [0.3, 0.4) is 0 Å². The number of hydrogen-bond donors (Lipinski definition) is 1. The van der Waals surface area contributed by atoms with Crippen molar-refractivity contribution in [2.24, 2.45) is 5.10 Å². The number of benzene rings is 2. The van der Waals surface area contributed by atoms with Crippen molar-refractivity contribution in [2.75, 3.05) is 11.0 Å². The number of amides is 1. The SMILES string of the molecule is CC(=O)N1N=C(c2cccc(NS(C)(=O)=O)c2)CC1c1ccccc1C. The third kappa shape index (κ3) is 3.94. The zero-order valence-electron chi connectivity index (χ0n) is 14.9. The molecule has 0 radical (unpaired) electrons. The topological polar surface area (TPSA) is 78.8 Å². The van der Waals surface area contributed by atoms with Crippen molar-refractivity contribution in [3.63, 3.8) is 0 Å². The molecular weight excluding hydrogens is 350 g/mol.